The second-order valence-electron chi connectivity index (χ2n) is 7.62. The van der Waals surface area contributed by atoms with Crippen molar-refractivity contribution >= 4 is 61.2 Å². The summed E-state index contributed by atoms with van der Waals surface area (Å²) in [6, 6.07) is 10.6. The molecule has 3 N–H and O–H groups in total. The lowest BCUT2D eigenvalue weighted by atomic mass is 10.1. The van der Waals surface area contributed by atoms with Crippen LogP contribution in [0.5, 0.6) is 0 Å². The molecule has 2 aromatic rings. The molecule has 2 saturated heterocycles. The van der Waals surface area contributed by atoms with E-state index in [1.54, 1.807) is 12.1 Å². The summed E-state index contributed by atoms with van der Waals surface area (Å²) in [4.78, 5) is 10.4. The SMILES string of the molecule is Fc1ccc(CNC2CCSCC2)cc1Br.NCc1ccc(F)c(Br)c1.O=C1CCSCC1. The monoisotopic (exact) mass is 622 g/mol. The van der Waals surface area contributed by atoms with Gasteiger partial charge in [0.1, 0.15) is 17.4 Å². The van der Waals surface area contributed by atoms with E-state index in [1.165, 1.54) is 36.5 Å². The number of Topliss-reactive ketones (excluding diaryl/α,β-unsaturated/α-hetero) is 1. The molecule has 9 heteroatoms. The molecule has 2 fully saturated rings. The van der Waals surface area contributed by atoms with Gasteiger partial charge in [0.2, 0.25) is 0 Å². The zero-order valence-electron chi connectivity index (χ0n) is 18.4. The molecule has 2 aliphatic rings. The van der Waals surface area contributed by atoms with Gasteiger partial charge in [0.25, 0.3) is 0 Å². The predicted molar refractivity (Wildman–Crippen MR) is 145 cm³/mol. The maximum Gasteiger partial charge on any atom is 0.137 e. The van der Waals surface area contributed by atoms with Crippen molar-refractivity contribution in [3.8, 4) is 0 Å². The first kappa shape index (κ1) is 28.8. The Morgan fingerprint density at radius 1 is 0.879 bits per heavy atom. The standard InChI is InChI=1S/C12H15BrFNS.C7H7BrFN.C5H8OS/c13-11-7-9(1-2-12(11)14)8-15-10-3-5-16-6-4-10;8-6-3-5(4-10)1-2-7(6)9;6-5-1-3-7-4-2-5/h1-2,7,10,15H,3-6,8H2;1-3H,4,10H2;1-4H2. The second-order valence-corrected chi connectivity index (χ2v) is 11.8. The zero-order chi connectivity index (χ0) is 24.1. The van der Waals surface area contributed by atoms with Crippen molar-refractivity contribution in [1.29, 1.82) is 0 Å². The summed E-state index contributed by atoms with van der Waals surface area (Å²) in [5, 5.41) is 3.53. The molecule has 2 aliphatic heterocycles. The molecule has 4 rings (SSSR count). The molecule has 0 spiro atoms. The molecular formula is C24H30Br2F2N2OS2. The van der Waals surface area contributed by atoms with E-state index in [9.17, 15) is 13.6 Å². The van der Waals surface area contributed by atoms with Gasteiger partial charge in [-0.25, -0.2) is 8.78 Å². The van der Waals surface area contributed by atoms with Crippen LogP contribution in [0.2, 0.25) is 0 Å². The number of nitrogens with one attached hydrogen (secondary N) is 1. The summed E-state index contributed by atoms with van der Waals surface area (Å²) in [5.74, 6) is 4.61. The van der Waals surface area contributed by atoms with Gasteiger partial charge in [-0.3, -0.25) is 4.79 Å². The molecule has 0 aromatic heterocycles. The largest absolute Gasteiger partial charge is 0.326 e. The first-order valence-corrected chi connectivity index (χ1v) is 14.8. The number of thioether (sulfide) groups is 2. The van der Waals surface area contributed by atoms with Crippen LogP contribution in [0.25, 0.3) is 0 Å². The van der Waals surface area contributed by atoms with Crippen molar-refractivity contribution in [3.63, 3.8) is 0 Å². The minimum atomic E-state index is -0.253. The van der Waals surface area contributed by atoms with Gasteiger partial charge >= 0.3 is 0 Å². The third-order valence-electron chi connectivity index (χ3n) is 5.07. The van der Waals surface area contributed by atoms with Crippen LogP contribution in [0.3, 0.4) is 0 Å². The Labute approximate surface area is 220 Å². The fraction of sp³-hybridized carbons (Fsp3) is 0.458. The van der Waals surface area contributed by atoms with E-state index in [0.717, 1.165) is 42.0 Å². The van der Waals surface area contributed by atoms with Gasteiger partial charge in [-0.2, -0.15) is 23.5 Å². The van der Waals surface area contributed by atoms with E-state index in [0.29, 0.717) is 27.3 Å². The van der Waals surface area contributed by atoms with E-state index in [2.05, 4.69) is 37.2 Å². The van der Waals surface area contributed by atoms with Crippen LogP contribution in [-0.4, -0.2) is 34.8 Å². The Hall–Kier alpha value is -0.450. The molecule has 0 bridgehead atoms. The highest BCUT2D eigenvalue weighted by molar-refractivity contribution is 9.10. The molecular weight excluding hydrogens is 594 g/mol. The lowest BCUT2D eigenvalue weighted by Gasteiger charge is -2.22. The fourth-order valence-corrected chi connectivity index (χ4v) is 5.99. The number of benzene rings is 2. The highest BCUT2D eigenvalue weighted by atomic mass is 79.9. The van der Waals surface area contributed by atoms with Crippen molar-refractivity contribution in [1.82, 2.24) is 5.32 Å². The summed E-state index contributed by atoms with van der Waals surface area (Å²) in [6.45, 7) is 1.27. The number of hydrogen-bond acceptors (Lipinski definition) is 5. The van der Waals surface area contributed by atoms with Crippen LogP contribution in [-0.2, 0) is 17.9 Å². The molecule has 2 heterocycles. The molecule has 0 aliphatic carbocycles. The number of carbonyl (C=O) groups is 1. The lowest BCUT2D eigenvalue weighted by Crippen LogP contribution is -2.32. The molecule has 0 amide bonds. The van der Waals surface area contributed by atoms with E-state index >= 15 is 0 Å². The lowest BCUT2D eigenvalue weighted by molar-refractivity contribution is -0.118. The number of ketones is 1. The van der Waals surface area contributed by atoms with Crippen molar-refractivity contribution < 1.29 is 13.6 Å². The zero-order valence-corrected chi connectivity index (χ0v) is 23.2. The van der Waals surface area contributed by atoms with Crippen molar-refractivity contribution in [2.24, 2.45) is 5.73 Å². The van der Waals surface area contributed by atoms with Crippen LogP contribution in [0.1, 0.15) is 36.8 Å². The van der Waals surface area contributed by atoms with Crippen LogP contribution < -0.4 is 11.1 Å². The van der Waals surface area contributed by atoms with E-state index in [-0.39, 0.29) is 11.6 Å². The molecule has 33 heavy (non-hydrogen) atoms. The van der Waals surface area contributed by atoms with Crippen LogP contribution in [0, 0.1) is 11.6 Å². The van der Waals surface area contributed by atoms with Gasteiger partial charge in [-0.05, 0) is 91.6 Å². The topological polar surface area (TPSA) is 55.1 Å². The predicted octanol–water partition coefficient (Wildman–Crippen LogP) is 6.70. The van der Waals surface area contributed by atoms with Crippen LogP contribution in [0.4, 0.5) is 8.78 Å². The Morgan fingerprint density at radius 2 is 1.39 bits per heavy atom. The number of hydrogen-bond donors (Lipinski definition) is 2. The summed E-state index contributed by atoms with van der Waals surface area (Å²) in [5.41, 5.74) is 7.38. The molecule has 0 radical (unpaired) electrons. The first-order chi connectivity index (χ1) is 15.9. The maximum atomic E-state index is 13.0. The Morgan fingerprint density at radius 3 is 1.88 bits per heavy atom. The highest BCUT2D eigenvalue weighted by Crippen LogP contribution is 2.19. The Balaban J connectivity index is 0.000000193. The normalized spacial score (nSPS) is 16.3. The van der Waals surface area contributed by atoms with Gasteiger partial charge in [-0.1, -0.05) is 12.1 Å². The summed E-state index contributed by atoms with van der Waals surface area (Å²) >= 11 is 10.2. The van der Waals surface area contributed by atoms with Gasteiger partial charge in [0, 0.05) is 43.5 Å². The van der Waals surface area contributed by atoms with Gasteiger partial charge in [0.05, 0.1) is 8.95 Å². The fourth-order valence-electron chi connectivity index (χ4n) is 3.08. The van der Waals surface area contributed by atoms with Crippen molar-refractivity contribution in [2.75, 3.05) is 23.0 Å². The summed E-state index contributed by atoms with van der Waals surface area (Å²) in [6.07, 6.45) is 4.11. The Kier molecular flexibility index (Phi) is 14.2. The smallest absolute Gasteiger partial charge is 0.137 e. The third kappa shape index (κ3) is 11.7. The Bertz CT molecular complexity index is 876. The third-order valence-corrected chi connectivity index (χ3v) is 8.32. The van der Waals surface area contributed by atoms with E-state index < -0.39 is 0 Å². The molecule has 0 unspecified atom stereocenters. The van der Waals surface area contributed by atoms with E-state index in [1.807, 2.05) is 35.7 Å². The van der Waals surface area contributed by atoms with Gasteiger partial charge in [0.15, 0.2) is 0 Å². The summed E-state index contributed by atoms with van der Waals surface area (Å²) in [7, 11) is 0. The number of carbonyl (C=O) groups excluding carboxylic acids is 1. The summed E-state index contributed by atoms with van der Waals surface area (Å²) < 4.78 is 26.6. The molecule has 2 aromatic carbocycles. The number of rotatable bonds is 4. The molecule has 0 saturated carbocycles. The first-order valence-electron chi connectivity index (χ1n) is 10.9. The number of halogens is 4. The van der Waals surface area contributed by atoms with E-state index in [4.69, 9.17) is 5.73 Å². The van der Waals surface area contributed by atoms with Crippen LogP contribution in [0.15, 0.2) is 45.3 Å². The highest BCUT2D eigenvalue weighted by Gasteiger charge is 2.12. The minimum absolute atomic E-state index is 0.196. The molecule has 0 atom stereocenters. The van der Waals surface area contributed by atoms with Crippen molar-refractivity contribution in [3.05, 3.63) is 68.1 Å². The second kappa shape index (κ2) is 16.3. The molecule has 3 nitrogen and oxygen atoms in total. The average molecular weight is 624 g/mol. The van der Waals surface area contributed by atoms with Gasteiger partial charge in [-0.15, -0.1) is 0 Å². The minimum Gasteiger partial charge on any atom is -0.326 e. The quantitative estimate of drug-likeness (QED) is 0.397. The van der Waals surface area contributed by atoms with Gasteiger partial charge < -0.3 is 11.1 Å². The van der Waals surface area contributed by atoms with Crippen molar-refractivity contribution in [2.45, 2.75) is 44.8 Å². The molecule has 182 valence electrons. The average Bonchev–Trinajstić information content (AvgIpc) is 2.83. The number of nitrogens with two attached hydrogens (primary N) is 1. The maximum absolute atomic E-state index is 13.0. The van der Waals surface area contributed by atoms with Crippen LogP contribution >= 0.6 is 55.4 Å².